The van der Waals surface area contributed by atoms with E-state index < -0.39 is 0 Å². The molecular weight excluding hydrogens is 337 g/mol. The molecule has 1 amide bonds. The minimum Gasteiger partial charge on any atom is -0.492 e. The second-order valence-electron chi connectivity index (χ2n) is 6.24. The number of hydrogen-bond acceptors (Lipinski definition) is 5. The predicted octanol–water partition coefficient (Wildman–Crippen LogP) is 0.701. The molecule has 8 heteroatoms. The summed E-state index contributed by atoms with van der Waals surface area (Å²) < 4.78 is 20.5. The van der Waals surface area contributed by atoms with Crippen LogP contribution in [-0.4, -0.2) is 59.7 Å². The average Bonchev–Trinajstić information content (AvgIpc) is 3.05. The van der Waals surface area contributed by atoms with Crippen molar-refractivity contribution < 1.29 is 13.9 Å². The highest BCUT2D eigenvalue weighted by Gasteiger charge is 2.27. The maximum absolute atomic E-state index is 13.1. The van der Waals surface area contributed by atoms with Crippen LogP contribution in [0.1, 0.15) is 11.9 Å². The van der Waals surface area contributed by atoms with Crippen molar-refractivity contribution in [2.75, 3.05) is 39.3 Å². The number of piperazine rings is 1. The molecule has 140 valence electrons. The quantitative estimate of drug-likeness (QED) is 0.711. The molecule has 0 aliphatic carbocycles. The van der Waals surface area contributed by atoms with Gasteiger partial charge in [0.15, 0.2) is 0 Å². The number of hydrogen-bond donors (Lipinski definition) is 2. The number of nitrogens with zero attached hydrogens (tertiary/aromatic N) is 3. The number of amides is 1. The number of nitrogens with one attached hydrogen (secondary N) is 2. The maximum atomic E-state index is 13.1. The van der Waals surface area contributed by atoms with Crippen LogP contribution in [0.4, 0.5) is 4.39 Å². The minimum atomic E-state index is -0.342. The third-order valence-corrected chi connectivity index (χ3v) is 4.35. The molecule has 1 unspecified atom stereocenters. The summed E-state index contributed by atoms with van der Waals surface area (Å²) in [6.45, 7) is 3.36. The van der Waals surface area contributed by atoms with Crippen LogP contribution in [0.25, 0.3) is 0 Å². The lowest BCUT2D eigenvalue weighted by Gasteiger charge is -2.35. The van der Waals surface area contributed by atoms with Gasteiger partial charge in [0.05, 0.1) is 19.1 Å². The molecule has 2 aromatic rings. The fraction of sp³-hybridized carbons (Fsp3) is 0.444. The first-order valence-electron chi connectivity index (χ1n) is 8.70. The minimum absolute atomic E-state index is 0.0612. The largest absolute Gasteiger partial charge is 0.492 e. The van der Waals surface area contributed by atoms with Crippen LogP contribution in [0, 0.1) is 5.82 Å². The molecule has 1 aliphatic heterocycles. The molecule has 26 heavy (non-hydrogen) atoms. The zero-order valence-corrected chi connectivity index (χ0v) is 14.8. The second kappa shape index (κ2) is 8.77. The summed E-state index contributed by atoms with van der Waals surface area (Å²) in [6, 6.07) is 6.02. The summed E-state index contributed by atoms with van der Waals surface area (Å²) in [6.07, 6.45) is 3.68. The molecule has 0 saturated carbocycles. The van der Waals surface area contributed by atoms with Gasteiger partial charge in [-0.2, -0.15) is 0 Å². The molecule has 1 aliphatic rings. The standard InChI is InChI=1S/C18H24FN5O2/c1-23-8-6-22-18(23)16-12-20-5-9-24(16)13-17(25)21-7-10-26-15-4-2-3-14(19)11-15/h2-4,6,8,11,16,20H,5,7,9-10,12-13H2,1H3,(H,21,25). The highest BCUT2D eigenvalue weighted by Crippen LogP contribution is 2.19. The molecule has 7 nitrogen and oxygen atoms in total. The van der Waals surface area contributed by atoms with E-state index in [1.807, 2.05) is 17.8 Å². The molecule has 2 heterocycles. The van der Waals surface area contributed by atoms with Crippen molar-refractivity contribution in [3.63, 3.8) is 0 Å². The summed E-state index contributed by atoms with van der Waals surface area (Å²) >= 11 is 0. The number of ether oxygens (including phenoxy) is 1. The molecule has 3 rings (SSSR count). The Labute approximate surface area is 152 Å². The predicted molar refractivity (Wildman–Crippen MR) is 95.3 cm³/mol. The maximum Gasteiger partial charge on any atom is 0.234 e. The molecule has 2 N–H and O–H groups in total. The Kier molecular flexibility index (Phi) is 6.19. The topological polar surface area (TPSA) is 71.4 Å². The van der Waals surface area contributed by atoms with Gasteiger partial charge in [0.25, 0.3) is 0 Å². The van der Waals surface area contributed by atoms with Crippen LogP contribution >= 0.6 is 0 Å². The van der Waals surface area contributed by atoms with E-state index in [4.69, 9.17) is 4.74 Å². The average molecular weight is 361 g/mol. The number of carbonyl (C=O) groups excluding carboxylic acids is 1. The summed E-state index contributed by atoms with van der Waals surface area (Å²) in [5.74, 6) is 0.996. The fourth-order valence-electron chi connectivity index (χ4n) is 3.04. The lowest BCUT2D eigenvalue weighted by atomic mass is 10.1. The van der Waals surface area contributed by atoms with E-state index in [2.05, 4.69) is 20.5 Å². The van der Waals surface area contributed by atoms with Crippen LogP contribution in [0.15, 0.2) is 36.7 Å². The normalized spacial score (nSPS) is 17.8. The van der Waals surface area contributed by atoms with E-state index in [0.717, 1.165) is 25.5 Å². The Bertz CT molecular complexity index is 736. The van der Waals surface area contributed by atoms with E-state index >= 15 is 0 Å². The number of benzene rings is 1. The highest BCUT2D eigenvalue weighted by atomic mass is 19.1. The van der Waals surface area contributed by atoms with Gasteiger partial charge in [-0.05, 0) is 12.1 Å². The summed E-state index contributed by atoms with van der Waals surface area (Å²) in [4.78, 5) is 18.8. The van der Waals surface area contributed by atoms with Crippen molar-refractivity contribution in [3.8, 4) is 5.75 Å². The number of carbonyl (C=O) groups is 1. The SMILES string of the molecule is Cn1ccnc1C1CNCCN1CC(=O)NCCOc1cccc(F)c1. The Morgan fingerprint density at radius 3 is 3.15 bits per heavy atom. The molecule has 0 spiro atoms. The first-order valence-corrected chi connectivity index (χ1v) is 8.70. The van der Waals surface area contributed by atoms with E-state index in [-0.39, 0.29) is 17.8 Å². The van der Waals surface area contributed by atoms with Gasteiger partial charge in [-0.1, -0.05) is 6.07 Å². The van der Waals surface area contributed by atoms with Crippen molar-refractivity contribution in [2.24, 2.45) is 7.05 Å². The van der Waals surface area contributed by atoms with Gasteiger partial charge in [-0.15, -0.1) is 0 Å². The molecule has 1 aromatic heterocycles. The molecule has 1 fully saturated rings. The summed E-state index contributed by atoms with van der Waals surface area (Å²) in [5.41, 5.74) is 0. The van der Waals surface area contributed by atoms with Crippen molar-refractivity contribution >= 4 is 5.91 Å². The lowest BCUT2D eigenvalue weighted by molar-refractivity contribution is -0.123. The zero-order chi connectivity index (χ0) is 18.4. The van der Waals surface area contributed by atoms with Gasteiger partial charge in [-0.3, -0.25) is 9.69 Å². The zero-order valence-electron chi connectivity index (χ0n) is 14.8. The Morgan fingerprint density at radius 2 is 2.38 bits per heavy atom. The smallest absolute Gasteiger partial charge is 0.234 e. The number of aryl methyl sites for hydroxylation is 1. The Balaban J connectivity index is 1.45. The van der Waals surface area contributed by atoms with Gasteiger partial charge in [-0.25, -0.2) is 9.37 Å². The number of halogens is 1. The highest BCUT2D eigenvalue weighted by molar-refractivity contribution is 5.78. The van der Waals surface area contributed by atoms with Gasteiger partial charge in [0, 0.05) is 45.1 Å². The van der Waals surface area contributed by atoms with Crippen LogP contribution < -0.4 is 15.4 Å². The number of aromatic nitrogens is 2. The number of rotatable bonds is 7. The molecule has 0 bridgehead atoms. The third-order valence-electron chi connectivity index (χ3n) is 4.35. The van der Waals surface area contributed by atoms with Gasteiger partial charge in [0.1, 0.15) is 24.0 Å². The summed E-state index contributed by atoms with van der Waals surface area (Å²) in [5, 5.41) is 6.20. The van der Waals surface area contributed by atoms with E-state index in [9.17, 15) is 9.18 Å². The van der Waals surface area contributed by atoms with E-state index in [0.29, 0.717) is 25.4 Å². The molecule has 1 saturated heterocycles. The first-order chi connectivity index (χ1) is 12.6. The number of imidazole rings is 1. The monoisotopic (exact) mass is 361 g/mol. The van der Waals surface area contributed by atoms with Crippen LogP contribution in [0.2, 0.25) is 0 Å². The van der Waals surface area contributed by atoms with Crippen molar-refractivity contribution in [1.29, 1.82) is 0 Å². The second-order valence-corrected chi connectivity index (χ2v) is 6.24. The lowest BCUT2D eigenvalue weighted by Crippen LogP contribution is -2.50. The van der Waals surface area contributed by atoms with Crippen molar-refractivity contribution in [3.05, 3.63) is 48.3 Å². The molecule has 0 radical (unpaired) electrons. The first kappa shape index (κ1) is 18.3. The van der Waals surface area contributed by atoms with Crippen LogP contribution in [0.5, 0.6) is 5.75 Å². The third kappa shape index (κ3) is 4.80. The Morgan fingerprint density at radius 1 is 1.50 bits per heavy atom. The van der Waals surface area contributed by atoms with Crippen LogP contribution in [-0.2, 0) is 11.8 Å². The van der Waals surface area contributed by atoms with Crippen molar-refractivity contribution in [1.82, 2.24) is 25.1 Å². The molecule has 1 aromatic carbocycles. The van der Waals surface area contributed by atoms with Gasteiger partial charge < -0.3 is 19.9 Å². The van der Waals surface area contributed by atoms with E-state index in [1.165, 1.54) is 12.1 Å². The summed E-state index contributed by atoms with van der Waals surface area (Å²) in [7, 11) is 1.96. The molecule has 1 atom stereocenters. The van der Waals surface area contributed by atoms with Gasteiger partial charge >= 0.3 is 0 Å². The van der Waals surface area contributed by atoms with Gasteiger partial charge in [0.2, 0.25) is 5.91 Å². The van der Waals surface area contributed by atoms with E-state index in [1.54, 1.807) is 18.3 Å². The van der Waals surface area contributed by atoms with Crippen molar-refractivity contribution in [2.45, 2.75) is 6.04 Å². The molecular formula is C18H24FN5O2. The Hall–Kier alpha value is -2.45. The van der Waals surface area contributed by atoms with Crippen LogP contribution in [0.3, 0.4) is 0 Å². The fourth-order valence-corrected chi connectivity index (χ4v) is 3.04.